The number of rotatable bonds is 5. The molecule has 0 unspecified atom stereocenters. The van der Waals surface area contributed by atoms with E-state index < -0.39 is 11.8 Å². The highest BCUT2D eigenvalue weighted by molar-refractivity contribution is 6.29. The van der Waals surface area contributed by atoms with Gasteiger partial charge in [-0.25, -0.2) is 4.98 Å². The molecule has 1 rings (SSSR count). The zero-order chi connectivity index (χ0) is 13.5. The molecule has 1 aromatic heterocycles. The molecule has 1 aromatic rings. The van der Waals surface area contributed by atoms with Crippen molar-refractivity contribution in [3.63, 3.8) is 0 Å². The van der Waals surface area contributed by atoms with Gasteiger partial charge in [0.1, 0.15) is 5.15 Å². The number of nitrogens with one attached hydrogen (secondary N) is 2. The molecule has 0 atom stereocenters. The van der Waals surface area contributed by atoms with E-state index >= 15 is 0 Å². The first kappa shape index (κ1) is 14.1. The summed E-state index contributed by atoms with van der Waals surface area (Å²) in [5.74, 6) is -0.724. The lowest BCUT2D eigenvalue weighted by atomic mass is 10.5. The van der Waals surface area contributed by atoms with Crippen molar-refractivity contribution in [2.45, 2.75) is 0 Å². The number of hydrogen-bond acceptors (Lipinski definition) is 6. The van der Waals surface area contributed by atoms with Gasteiger partial charge in [0, 0.05) is 6.07 Å². The van der Waals surface area contributed by atoms with Crippen LogP contribution in [0.2, 0.25) is 5.15 Å². The normalized spacial score (nSPS) is 9.72. The van der Waals surface area contributed by atoms with Crippen LogP contribution in [0.25, 0.3) is 0 Å². The van der Waals surface area contributed by atoms with E-state index in [4.69, 9.17) is 22.1 Å². The molecule has 0 radical (unpaired) electrons. The van der Waals surface area contributed by atoms with E-state index in [0.29, 0.717) is 0 Å². The highest BCUT2D eigenvalue weighted by atomic mass is 35.5. The van der Waals surface area contributed by atoms with E-state index in [0.717, 1.165) is 0 Å². The predicted molar refractivity (Wildman–Crippen MR) is 64.3 cm³/mol. The molecule has 0 saturated heterocycles. The van der Waals surface area contributed by atoms with Crippen molar-refractivity contribution in [3.8, 4) is 5.88 Å². The van der Waals surface area contributed by atoms with Gasteiger partial charge in [-0.15, -0.1) is 0 Å². The molecule has 0 saturated carbocycles. The Morgan fingerprint density at radius 3 is 2.78 bits per heavy atom. The maximum Gasteiger partial charge on any atom is 0.246 e. The van der Waals surface area contributed by atoms with Gasteiger partial charge in [0.15, 0.2) is 0 Å². The SMILES string of the molecule is COc1cc(Cl)nc(NC(=O)CNC(=O)CN)n1. The molecule has 2 amide bonds. The molecule has 98 valence electrons. The summed E-state index contributed by atoms with van der Waals surface area (Å²) in [5.41, 5.74) is 5.07. The molecule has 0 aliphatic carbocycles. The highest BCUT2D eigenvalue weighted by Gasteiger charge is 2.08. The van der Waals surface area contributed by atoms with Crippen molar-refractivity contribution >= 4 is 29.4 Å². The zero-order valence-corrected chi connectivity index (χ0v) is 10.3. The van der Waals surface area contributed by atoms with E-state index in [1.54, 1.807) is 0 Å². The van der Waals surface area contributed by atoms with Crippen LogP contribution in [0.4, 0.5) is 5.95 Å². The Kier molecular flexibility index (Phi) is 5.28. The topological polar surface area (TPSA) is 119 Å². The smallest absolute Gasteiger partial charge is 0.246 e. The number of ether oxygens (including phenoxy) is 1. The number of aromatic nitrogens is 2. The van der Waals surface area contributed by atoms with Crippen LogP contribution in [0.3, 0.4) is 0 Å². The lowest BCUT2D eigenvalue weighted by Gasteiger charge is -2.06. The third-order valence-electron chi connectivity index (χ3n) is 1.76. The number of halogens is 1. The quantitative estimate of drug-likeness (QED) is 0.601. The van der Waals surface area contributed by atoms with Crippen LogP contribution < -0.4 is 21.1 Å². The third-order valence-corrected chi connectivity index (χ3v) is 1.96. The Balaban J connectivity index is 2.58. The van der Waals surface area contributed by atoms with Crippen LogP contribution in [0.5, 0.6) is 5.88 Å². The molecule has 0 fully saturated rings. The van der Waals surface area contributed by atoms with Crippen molar-refractivity contribution in [1.29, 1.82) is 0 Å². The molecule has 0 aliphatic rings. The number of carbonyl (C=O) groups excluding carboxylic acids is 2. The summed E-state index contributed by atoms with van der Waals surface area (Å²) in [7, 11) is 1.41. The van der Waals surface area contributed by atoms with E-state index in [1.807, 2.05) is 0 Å². The van der Waals surface area contributed by atoms with Gasteiger partial charge in [0.05, 0.1) is 20.2 Å². The molecular formula is C9H12ClN5O3. The van der Waals surface area contributed by atoms with Crippen molar-refractivity contribution < 1.29 is 14.3 Å². The molecule has 0 bridgehead atoms. The van der Waals surface area contributed by atoms with Gasteiger partial charge in [0.2, 0.25) is 23.6 Å². The second-order valence-corrected chi connectivity index (χ2v) is 3.47. The molecule has 0 spiro atoms. The summed E-state index contributed by atoms with van der Waals surface area (Å²) >= 11 is 5.69. The van der Waals surface area contributed by atoms with Gasteiger partial charge in [0.25, 0.3) is 0 Å². The fraction of sp³-hybridized carbons (Fsp3) is 0.333. The van der Waals surface area contributed by atoms with Crippen LogP contribution in [0.1, 0.15) is 0 Å². The van der Waals surface area contributed by atoms with Crippen LogP contribution in [-0.4, -0.2) is 42.0 Å². The second-order valence-electron chi connectivity index (χ2n) is 3.09. The van der Waals surface area contributed by atoms with E-state index in [9.17, 15) is 9.59 Å². The van der Waals surface area contributed by atoms with E-state index in [-0.39, 0.29) is 30.1 Å². The number of hydrogen-bond donors (Lipinski definition) is 3. The number of nitrogens with zero attached hydrogens (tertiary/aromatic N) is 2. The first-order valence-electron chi connectivity index (χ1n) is 4.90. The standard InChI is InChI=1S/C9H12ClN5O3/c1-18-8-2-5(10)13-9(15-8)14-7(17)4-12-6(16)3-11/h2H,3-4,11H2,1H3,(H,12,16)(H,13,14,15,17). The summed E-state index contributed by atoms with van der Waals surface area (Å²) in [6.45, 7) is -0.414. The van der Waals surface area contributed by atoms with Gasteiger partial charge in [-0.1, -0.05) is 11.6 Å². The Morgan fingerprint density at radius 2 is 2.17 bits per heavy atom. The van der Waals surface area contributed by atoms with Gasteiger partial charge in [-0.3, -0.25) is 14.9 Å². The Labute approximate surface area is 108 Å². The van der Waals surface area contributed by atoms with Crippen LogP contribution >= 0.6 is 11.6 Å². The number of carbonyl (C=O) groups is 2. The average Bonchev–Trinajstić information content (AvgIpc) is 2.35. The first-order valence-corrected chi connectivity index (χ1v) is 5.28. The largest absolute Gasteiger partial charge is 0.481 e. The lowest BCUT2D eigenvalue weighted by molar-refractivity contribution is -0.123. The van der Waals surface area contributed by atoms with Crippen LogP contribution in [-0.2, 0) is 9.59 Å². The number of anilines is 1. The Bertz CT molecular complexity index is 454. The minimum Gasteiger partial charge on any atom is -0.481 e. The van der Waals surface area contributed by atoms with Crippen molar-refractivity contribution in [1.82, 2.24) is 15.3 Å². The van der Waals surface area contributed by atoms with Gasteiger partial charge >= 0.3 is 0 Å². The third kappa shape index (κ3) is 4.52. The zero-order valence-electron chi connectivity index (χ0n) is 9.57. The van der Waals surface area contributed by atoms with Crippen molar-refractivity contribution in [2.24, 2.45) is 5.73 Å². The number of amides is 2. The van der Waals surface area contributed by atoms with E-state index in [1.165, 1.54) is 13.2 Å². The maximum atomic E-state index is 11.4. The van der Waals surface area contributed by atoms with Gasteiger partial charge < -0.3 is 15.8 Å². The molecule has 1 heterocycles. The van der Waals surface area contributed by atoms with Gasteiger partial charge in [-0.2, -0.15) is 4.98 Å². The molecule has 18 heavy (non-hydrogen) atoms. The highest BCUT2D eigenvalue weighted by Crippen LogP contribution is 2.15. The summed E-state index contributed by atoms with van der Waals surface area (Å²) in [6.07, 6.45) is 0. The number of methoxy groups -OCH3 is 1. The Morgan fingerprint density at radius 1 is 1.44 bits per heavy atom. The fourth-order valence-corrected chi connectivity index (χ4v) is 1.15. The van der Waals surface area contributed by atoms with Crippen LogP contribution in [0.15, 0.2) is 6.07 Å². The molecule has 4 N–H and O–H groups in total. The predicted octanol–water partition coefficient (Wildman–Crippen LogP) is -0.848. The summed E-state index contributed by atoms with van der Waals surface area (Å²) in [4.78, 5) is 29.9. The molecule has 0 aliphatic heterocycles. The van der Waals surface area contributed by atoms with E-state index in [2.05, 4.69) is 20.6 Å². The molecule has 0 aromatic carbocycles. The monoisotopic (exact) mass is 273 g/mol. The summed E-state index contributed by atoms with van der Waals surface area (Å²) in [6, 6.07) is 1.40. The average molecular weight is 274 g/mol. The molecule has 8 nitrogen and oxygen atoms in total. The Hall–Kier alpha value is -1.93. The first-order chi connectivity index (χ1) is 8.55. The van der Waals surface area contributed by atoms with Crippen molar-refractivity contribution in [2.75, 3.05) is 25.5 Å². The summed E-state index contributed by atoms with van der Waals surface area (Å²) in [5, 5.41) is 4.78. The summed E-state index contributed by atoms with van der Waals surface area (Å²) < 4.78 is 4.86. The number of nitrogens with two attached hydrogens (primary N) is 1. The minimum absolute atomic E-state index is 0.00801. The molecule has 9 heteroatoms. The minimum atomic E-state index is -0.499. The van der Waals surface area contributed by atoms with Crippen LogP contribution in [0, 0.1) is 0 Å². The molecular weight excluding hydrogens is 262 g/mol. The van der Waals surface area contributed by atoms with Crippen molar-refractivity contribution in [3.05, 3.63) is 11.2 Å². The second kappa shape index (κ2) is 6.72. The fourth-order valence-electron chi connectivity index (χ4n) is 0.977. The van der Waals surface area contributed by atoms with Gasteiger partial charge in [-0.05, 0) is 0 Å². The maximum absolute atomic E-state index is 11.4. The lowest BCUT2D eigenvalue weighted by Crippen LogP contribution is -2.36.